The minimum Gasteiger partial charge on any atom is -0.495 e. The second-order valence-electron chi connectivity index (χ2n) is 7.20. The number of methoxy groups -OCH3 is 1. The number of unbranched alkanes of at least 4 members (excludes halogenated alkanes) is 1. The average Bonchev–Trinajstić information content (AvgIpc) is 3.24. The second kappa shape index (κ2) is 11.7. The highest BCUT2D eigenvalue weighted by Gasteiger charge is 2.27. The van der Waals surface area contributed by atoms with Crippen LogP contribution in [0.15, 0.2) is 23.1 Å². The van der Waals surface area contributed by atoms with Crippen LogP contribution in [0.1, 0.15) is 55.8 Å². The number of carbonyl (C=O) groups is 3. The van der Waals surface area contributed by atoms with Gasteiger partial charge in [0.1, 0.15) is 10.6 Å². The Morgan fingerprint density at radius 3 is 2.52 bits per heavy atom. The quantitative estimate of drug-likeness (QED) is 0.360. The fourth-order valence-electron chi connectivity index (χ4n) is 3.14. The maximum Gasteiger partial charge on any atom is 0.338 e. The van der Waals surface area contributed by atoms with Gasteiger partial charge in [0.15, 0.2) is 6.61 Å². The van der Waals surface area contributed by atoms with Crippen molar-refractivity contribution in [1.29, 1.82) is 0 Å². The number of carbonyl (C=O) groups excluding carboxylic acids is 3. The van der Waals surface area contributed by atoms with E-state index in [1.807, 2.05) is 12.2 Å². The van der Waals surface area contributed by atoms with Crippen LogP contribution in [0.2, 0.25) is 0 Å². The molecule has 0 aromatic heterocycles. The van der Waals surface area contributed by atoms with Gasteiger partial charge in [-0.1, -0.05) is 26.2 Å². The summed E-state index contributed by atoms with van der Waals surface area (Å²) in [5, 5.41) is 4.55. The molecule has 1 aliphatic carbocycles. The molecule has 11 heteroatoms. The van der Waals surface area contributed by atoms with E-state index < -0.39 is 34.5 Å². The molecule has 1 aromatic rings. The highest BCUT2D eigenvalue weighted by atomic mass is 32.2. The first-order valence-electron chi connectivity index (χ1n) is 10.2. The number of sulfonamides is 1. The van der Waals surface area contributed by atoms with E-state index >= 15 is 0 Å². The van der Waals surface area contributed by atoms with Crippen molar-refractivity contribution in [2.45, 2.75) is 56.4 Å². The Kier molecular flexibility index (Phi) is 9.25. The molecule has 0 saturated heterocycles. The molecule has 0 spiro atoms. The number of benzene rings is 1. The van der Waals surface area contributed by atoms with Gasteiger partial charge in [-0.15, -0.1) is 0 Å². The van der Waals surface area contributed by atoms with Gasteiger partial charge in [0.2, 0.25) is 10.0 Å². The van der Waals surface area contributed by atoms with E-state index in [4.69, 9.17) is 9.47 Å². The summed E-state index contributed by atoms with van der Waals surface area (Å²) in [5.41, 5.74) is -0.0622. The van der Waals surface area contributed by atoms with E-state index in [1.165, 1.54) is 19.2 Å². The lowest BCUT2D eigenvalue weighted by Crippen LogP contribution is -2.41. The van der Waals surface area contributed by atoms with Crippen LogP contribution in [-0.4, -0.2) is 52.6 Å². The third-order valence-electron chi connectivity index (χ3n) is 4.77. The van der Waals surface area contributed by atoms with E-state index in [9.17, 15) is 22.8 Å². The van der Waals surface area contributed by atoms with E-state index in [-0.39, 0.29) is 22.3 Å². The SMILES string of the molecule is CCCCNC(=O)NC(=O)COC(=O)c1ccc(OC)c(S(=O)(=O)NC2CCCC2)c1. The van der Waals surface area contributed by atoms with E-state index in [0.29, 0.717) is 6.54 Å². The third kappa shape index (κ3) is 7.51. The first kappa shape index (κ1) is 24.6. The van der Waals surface area contributed by atoms with E-state index in [1.54, 1.807) is 0 Å². The second-order valence-corrected chi connectivity index (χ2v) is 8.88. The molecule has 0 atom stereocenters. The molecule has 0 aliphatic heterocycles. The molecule has 31 heavy (non-hydrogen) atoms. The lowest BCUT2D eigenvalue weighted by Gasteiger charge is -2.15. The predicted molar refractivity (Wildman–Crippen MR) is 112 cm³/mol. The Balaban J connectivity index is 2.00. The van der Waals surface area contributed by atoms with Gasteiger partial charge >= 0.3 is 12.0 Å². The predicted octanol–water partition coefficient (Wildman–Crippen LogP) is 1.70. The number of hydrogen-bond donors (Lipinski definition) is 3. The van der Waals surface area contributed by atoms with Crippen molar-refractivity contribution in [3.05, 3.63) is 23.8 Å². The summed E-state index contributed by atoms with van der Waals surface area (Å²) in [5.74, 6) is -1.61. The smallest absolute Gasteiger partial charge is 0.338 e. The molecule has 1 aliphatic rings. The molecule has 10 nitrogen and oxygen atoms in total. The molecule has 0 radical (unpaired) electrons. The van der Waals surface area contributed by atoms with Gasteiger partial charge in [-0.2, -0.15) is 0 Å². The normalized spacial score (nSPS) is 14.1. The van der Waals surface area contributed by atoms with Crippen LogP contribution in [-0.2, 0) is 19.6 Å². The molecule has 1 fully saturated rings. The Hall–Kier alpha value is -2.66. The number of rotatable bonds is 10. The van der Waals surface area contributed by atoms with Crippen molar-refractivity contribution in [1.82, 2.24) is 15.4 Å². The van der Waals surface area contributed by atoms with Crippen molar-refractivity contribution >= 4 is 27.9 Å². The van der Waals surface area contributed by atoms with Crippen LogP contribution in [0.5, 0.6) is 5.75 Å². The first-order chi connectivity index (χ1) is 14.8. The van der Waals surface area contributed by atoms with E-state index in [0.717, 1.165) is 44.6 Å². The molecular weight excluding hydrogens is 426 g/mol. The monoisotopic (exact) mass is 455 g/mol. The van der Waals surface area contributed by atoms with Crippen LogP contribution in [0, 0.1) is 0 Å². The zero-order valence-electron chi connectivity index (χ0n) is 17.7. The molecule has 3 N–H and O–H groups in total. The lowest BCUT2D eigenvalue weighted by atomic mass is 10.2. The summed E-state index contributed by atoms with van der Waals surface area (Å²) in [6.45, 7) is 1.70. The zero-order valence-corrected chi connectivity index (χ0v) is 18.5. The van der Waals surface area contributed by atoms with Crippen LogP contribution >= 0.6 is 0 Å². The number of hydrogen-bond acceptors (Lipinski definition) is 7. The number of amides is 3. The number of nitrogens with one attached hydrogen (secondary N) is 3. The third-order valence-corrected chi connectivity index (χ3v) is 6.31. The number of ether oxygens (including phenoxy) is 2. The van der Waals surface area contributed by atoms with Gasteiger partial charge in [0, 0.05) is 12.6 Å². The summed E-state index contributed by atoms with van der Waals surface area (Å²) in [4.78, 5) is 35.4. The highest BCUT2D eigenvalue weighted by Crippen LogP contribution is 2.27. The van der Waals surface area contributed by atoms with Crippen molar-refractivity contribution in [2.24, 2.45) is 0 Å². The molecule has 0 heterocycles. The largest absolute Gasteiger partial charge is 0.495 e. The molecule has 0 unspecified atom stereocenters. The molecule has 3 amide bonds. The first-order valence-corrected chi connectivity index (χ1v) is 11.7. The average molecular weight is 456 g/mol. The Morgan fingerprint density at radius 1 is 1.16 bits per heavy atom. The van der Waals surface area contributed by atoms with Crippen LogP contribution < -0.4 is 20.1 Å². The van der Waals surface area contributed by atoms with Gasteiger partial charge in [0.25, 0.3) is 5.91 Å². The van der Waals surface area contributed by atoms with Gasteiger partial charge in [-0.25, -0.2) is 22.7 Å². The maximum atomic E-state index is 12.8. The van der Waals surface area contributed by atoms with E-state index in [2.05, 4.69) is 10.0 Å². The van der Waals surface area contributed by atoms with Gasteiger partial charge in [0.05, 0.1) is 12.7 Å². The van der Waals surface area contributed by atoms with Crippen molar-refractivity contribution in [3.8, 4) is 5.75 Å². The molecule has 2 rings (SSSR count). The van der Waals surface area contributed by atoms with Crippen LogP contribution in [0.4, 0.5) is 4.79 Å². The molecular formula is C20H29N3O7S. The lowest BCUT2D eigenvalue weighted by molar-refractivity contribution is -0.123. The maximum absolute atomic E-state index is 12.8. The summed E-state index contributed by atoms with van der Waals surface area (Å²) in [6, 6.07) is 3.00. The van der Waals surface area contributed by atoms with Crippen molar-refractivity contribution in [3.63, 3.8) is 0 Å². The Bertz CT molecular complexity index is 896. The standard InChI is InChI=1S/C20H29N3O7S/c1-3-4-11-21-20(26)22-18(24)13-30-19(25)14-9-10-16(29-2)17(12-14)31(27,28)23-15-7-5-6-8-15/h9-10,12,15,23H,3-8,11,13H2,1-2H3,(H2,21,22,24,26). The van der Waals surface area contributed by atoms with Gasteiger partial charge in [-0.05, 0) is 37.5 Å². The fourth-order valence-corrected chi connectivity index (χ4v) is 4.64. The van der Waals surface area contributed by atoms with Crippen molar-refractivity contribution in [2.75, 3.05) is 20.3 Å². The number of esters is 1. The zero-order chi connectivity index (χ0) is 22.9. The summed E-state index contributed by atoms with van der Waals surface area (Å²) in [7, 11) is -2.58. The molecule has 1 aromatic carbocycles. The number of imide groups is 1. The number of urea groups is 1. The fraction of sp³-hybridized carbons (Fsp3) is 0.550. The Labute approximate surface area is 182 Å². The molecule has 0 bridgehead atoms. The summed E-state index contributed by atoms with van der Waals surface area (Å²) in [6.07, 6.45) is 5.08. The minimum absolute atomic E-state index is 0.0622. The highest BCUT2D eigenvalue weighted by molar-refractivity contribution is 7.89. The van der Waals surface area contributed by atoms with Gasteiger partial charge < -0.3 is 14.8 Å². The topological polar surface area (TPSA) is 140 Å². The Morgan fingerprint density at radius 2 is 1.87 bits per heavy atom. The summed E-state index contributed by atoms with van der Waals surface area (Å²) < 4.78 is 38.2. The summed E-state index contributed by atoms with van der Waals surface area (Å²) >= 11 is 0. The van der Waals surface area contributed by atoms with Crippen LogP contribution in [0.3, 0.4) is 0 Å². The van der Waals surface area contributed by atoms with Crippen LogP contribution in [0.25, 0.3) is 0 Å². The minimum atomic E-state index is -3.92. The van der Waals surface area contributed by atoms with Crippen molar-refractivity contribution < 1.29 is 32.3 Å². The molecule has 172 valence electrons. The van der Waals surface area contributed by atoms with Gasteiger partial charge in [-0.3, -0.25) is 10.1 Å². The molecule has 1 saturated carbocycles.